The second-order valence-electron chi connectivity index (χ2n) is 4.76. The van der Waals surface area contributed by atoms with Gasteiger partial charge in [-0.25, -0.2) is 4.39 Å². The number of rotatable bonds is 4. The SMILES string of the molecule is Fc1cc(CBr)ccc1OCC1CSc2ccccc21. The minimum Gasteiger partial charge on any atom is -0.490 e. The second-order valence-corrected chi connectivity index (χ2v) is 6.38. The average molecular weight is 353 g/mol. The number of thioether (sulfide) groups is 1. The van der Waals surface area contributed by atoms with Gasteiger partial charge in [0.05, 0.1) is 6.61 Å². The van der Waals surface area contributed by atoms with Gasteiger partial charge in [-0.2, -0.15) is 0 Å². The van der Waals surface area contributed by atoms with Crippen LogP contribution >= 0.6 is 27.7 Å². The van der Waals surface area contributed by atoms with Crippen LogP contribution in [0.4, 0.5) is 4.39 Å². The number of benzene rings is 2. The van der Waals surface area contributed by atoms with Crippen molar-refractivity contribution in [3.8, 4) is 5.75 Å². The summed E-state index contributed by atoms with van der Waals surface area (Å²) in [6.45, 7) is 0.522. The maximum atomic E-state index is 13.9. The Morgan fingerprint density at radius 1 is 1.25 bits per heavy atom. The van der Waals surface area contributed by atoms with Crippen LogP contribution in [0.2, 0.25) is 0 Å². The highest BCUT2D eigenvalue weighted by atomic mass is 79.9. The Hall–Kier alpha value is -1.00. The van der Waals surface area contributed by atoms with Crippen molar-refractivity contribution in [1.29, 1.82) is 0 Å². The topological polar surface area (TPSA) is 9.23 Å². The van der Waals surface area contributed by atoms with Crippen LogP contribution in [0.3, 0.4) is 0 Å². The summed E-state index contributed by atoms with van der Waals surface area (Å²) in [4.78, 5) is 1.32. The minimum absolute atomic E-state index is 0.291. The Labute approximate surface area is 130 Å². The molecule has 0 fully saturated rings. The zero-order chi connectivity index (χ0) is 13.9. The quantitative estimate of drug-likeness (QED) is 0.717. The van der Waals surface area contributed by atoms with Crippen molar-refractivity contribution in [3.63, 3.8) is 0 Å². The highest BCUT2D eigenvalue weighted by molar-refractivity contribution is 9.08. The van der Waals surface area contributed by atoms with Gasteiger partial charge in [0.2, 0.25) is 0 Å². The van der Waals surface area contributed by atoms with Crippen LogP contribution in [0.5, 0.6) is 5.75 Å². The first-order chi connectivity index (χ1) is 9.78. The molecule has 0 aromatic heterocycles. The van der Waals surface area contributed by atoms with Gasteiger partial charge in [-0.05, 0) is 29.3 Å². The normalized spacial score (nSPS) is 17.0. The molecule has 1 unspecified atom stereocenters. The molecule has 1 heterocycles. The van der Waals surface area contributed by atoms with E-state index in [4.69, 9.17) is 4.74 Å². The van der Waals surface area contributed by atoms with Gasteiger partial charge >= 0.3 is 0 Å². The average Bonchev–Trinajstić information content (AvgIpc) is 2.89. The molecule has 0 spiro atoms. The molecule has 3 rings (SSSR count). The van der Waals surface area contributed by atoms with E-state index in [2.05, 4.69) is 28.1 Å². The van der Waals surface area contributed by atoms with E-state index >= 15 is 0 Å². The van der Waals surface area contributed by atoms with Crippen LogP contribution < -0.4 is 4.74 Å². The molecule has 0 radical (unpaired) electrons. The molecule has 2 aromatic carbocycles. The predicted molar refractivity (Wildman–Crippen MR) is 84.4 cm³/mol. The van der Waals surface area contributed by atoms with Gasteiger partial charge in [-0.15, -0.1) is 11.8 Å². The summed E-state index contributed by atoms with van der Waals surface area (Å²) in [5.74, 6) is 1.39. The fraction of sp³-hybridized carbons (Fsp3) is 0.250. The Bertz CT molecular complexity index is 617. The minimum atomic E-state index is -0.291. The summed E-state index contributed by atoms with van der Waals surface area (Å²) in [7, 11) is 0. The molecule has 2 aromatic rings. The number of ether oxygens (including phenoxy) is 1. The van der Waals surface area contributed by atoms with E-state index in [9.17, 15) is 4.39 Å². The molecule has 0 saturated carbocycles. The predicted octanol–water partition coefficient (Wildman–Crippen LogP) is 4.99. The van der Waals surface area contributed by atoms with Crippen LogP contribution in [0.25, 0.3) is 0 Å². The maximum absolute atomic E-state index is 13.9. The van der Waals surface area contributed by atoms with Gasteiger partial charge < -0.3 is 4.74 Å². The maximum Gasteiger partial charge on any atom is 0.165 e. The molecule has 0 aliphatic carbocycles. The van der Waals surface area contributed by atoms with E-state index in [1.54, 1.807) is 6.07 Å². The Balaban J connectivity index is 1.69. The number of halogens is 2. The molecule has 4 heteroatoms. The standard InChI is InChI=1S/C16H14BrFOS/c17-8-11-5-6-15(14(18)7-11)19-9-12-10-20-16-4-2-1-3-13(12)16/h1-7,12H,8-10H2. The Morgan fingerprint density at radius 2 is 2.10 bits per heavy atom. The lowest BCUT2D eigenvalue weighted by molar-refractivity contribution is 0.284. The summed E-state index contributed by atoms with van der Waals surface area (Å²) >= 11 is 5.16. The van der Waals surface area contributed by atoms with E-state index in [0.717, 1.165) is 11.3 Å². The van der Waals surface area contributed by atoms with Crippen molar-refractivity contribution < 1.29 is 9.13 Å². The van der Waals surface area contributed by atoms with Gasteiger partial charge in [-0.3, -0.25) is 0 Å². The molecule has 104 valence electrons. The van der Waals surface area contributed by atoms with Crippen molar-refractivity contribution >= 4 is 27.7 Å². The van der Waals surface area contributed by atoms with Crippen LogP contribution in [-0.4, -0.2) is 12.4 Å². The van der Waals surface area contributed by atoms with Crippen molar-refractivity contribution in [1.82, 2.24) is 0 Å². The molecule has 0 saturated heterocycles. The molecule has 0 N–H and O–H groups in total. The lowest BCUT2D eigenvalue weighted by atomic mass is 10.0. The molecule has 1 aliphatic rings. The van der Waals surface area contributed by atoms with E-state index < -0.39 is 0 Å². The van der Waals surface area contributed by atoms with Crippen molar-refractivity contribution in [2.75, 3.05) is 12.4 Å². The summed E-state index contributed by atoms with van der Waals surface area (Å²) < 4.78 is 19.5. The summed E-state index contributed by atoms with van der Waals surface area (Å²) in [5, 5.41) is 0.650. The molecule has 0 amide bonds. The third-order valence-corrected chi connectivity index (χ3v) is 5.29. The van der Waals surface area contributed by atoms with E-state index in [1.807, 2.05) is 30.0 Å². The second kappa shape index (κ2) is 6.19. The third kappa shape index (κ3) is 2.86. The third-order valence-electron chi connectivity index (χ3n) is 3.39. The van der Waals surface area contributed by atoms with Crippen LogP contribution in [0.1, 0.15) is 17.0 Å². The van der Waals surface area contributed by atoms with Crippen LogP contribution in [-0.2, 0) is 5.33 Å². The Morgan fingerprint density at radius 3 is 2.90 bits per heavy atom. The highest BCUT2D eigenvalue weighted by Crippen LogP contribution is 2.39. The number of hydrogen-bond acceptors (Lipinski definition) is 2. The first kappa shape index (κ1) is 14.0. The monoisotopic (exact) mass is 352 g/mol. The lowest BCUT2D eigenvalue weighted by Gasteiger charge is -2.13. The van der Waals surface area contributed by atoms with Crippen molar-refractivity contribution in [2.24, 2.45) is 0 Å². The van der Waals surface area contributed by atoms with E-state index in [-0.39, 0.29) is 5.82 Å². The van der Waals surface area contributed by atoms with Gasteiger partial charge in [0.1, 0.15) is 0 Å². The fourth-order valence-corrected chi connectivity index (χ4v) is 3.88. The van der Waals surface area contributed by atoms with Crippen molar-refractivity contribution in [3.05, 3.63) is 59.4 Å². The molecule has 0 bridgehead atoms. The van der Waals surface area contributed by atoms with Gasteiger partial charge in [0.25, 0.3) is 0 Å². The number of hydrogen-bond donors (Lipinski definition) is 0. The highest BCUT2D eigenvalue weighted by Gasteiger charge is 2.23. The van der Waals surface area contributed by atoms with E-state index in [0.29, 0.717) is 23.6 Å². The zero-order valence-electron chi connectivity index (χ0n) is 10.8. The smallest absolute Gasteiger partial charge is 0.165 e. The fourth-order valence-electron chi connectivity index (χ4n) is 2.30. The van der Waals surface area contributed by atoms with Gasteiger partial charge in [0.15, 0.2) is 11.6 Å². The largest absolute Gasteiger partial charge is 0.490 e. The van der Waals surface area contributed by atoms with Gasteiger partial charge in [-0.1, -0.05) is 40.2 Å². The van der Waals surface area contributed by atoms with Gasteiger partial charge in [0, 0.05) is 21.9 Å². The lowest BCUT2D eigenvalue weighted by Crippen LogP contribution is -2.10. The molecule has 1 nitrogen and oxygen atoms in total. The first-order valence-corrected chi connectivity index (χ1v) is 8.57. The summed E-state index contributed by atoms with van der Waals surface area (Å²) in [6.07, 6.45) is 0. The van der Waals surface area contributed by atoms with Crippen LogP contribution in [0.15, 0.2) is 47.4 Å². The molecule has 1 aliphatic heterocycles. The number of alkyl halides is 1. The molecule has 1 atom stereocenters. The Kier molecular flexibility index (Phi) is 4.32. The first-order valence-electron chi connectivity index (χ1n) is 6.47. The molecule has 20 heavy (non-hydrogen) atoms. The van der Waals surface area contributed by atoms with E-state index in [1.165, 1.54) is 16.5 Å². The van der Waals surface area contributed by atoms with Crippen molar-refractivity contribution in [2.45, 2.75) is 16.1 Å². The molecular weight excluding hydrogens is 339 g/mol. The summed E-state index contributed by atoms with van der Waals surface area (Å²) in [6, 6.07) is 13.5. The zero-order valence-corrected chi connectivity index (χ0v) is 13.2. The van der Waals surface area contributed by atoms with Crippen LogP contribution in [0, 0.1) is 5.82 Å². The summed E-state index contributed by atoms with van der Waals surface area (Å²) in [5.41, 5.74) is 2.23. The number of fused-ring (bicyclic) bond motifs is 1. The molecular formula is C16H14BrFOS.